The molecule has 0 radical (unpaired) electrons. The minimum absolute atomic E-state index is 0.0369. The Morgan fingerprint density at radius 2 is 2.11 bits per heavy atom. The van der Waals surface area contributed by atoms with Gasteiger partial charge in [-0.05, 0) is 31.0 Å². The maximum atomic E-state index is 12.1. The largest absolute Gasteiger partial charge is 0.398 e. The standard InChI is InChI=1S/C12H15BrN2O3S/c13-8-1-4-10(14)11(7-8)19(17,18)6-5-12(16)15-9-2-3-9/h1,4,7,9H,2-3,5-6,14H2,(H,15,16). The molecular weight excluding hydrogens is 332 g/mol. The molecule has 1 aliphatic rings. The Morgan fingerprint density at radius 1 is 1.42 bits per heavy atom. The van der Waals surface area contributed by atoms with E-state index in [1.165, 1.54) is 12.1 Å². The first kappa shape index (κ1) is 14.3. The SMILES string of the molecule is Nc1ccc(Br)cc1S(=O)(=O)CCC(=O)NC1CC1. The number of benzene rings is 1. The van der Waals surface area contributed by atoms with Crippen LogP contribution in [0.1, 0.15) is 19.3 Å². The number of nitrogens with two attached hydrogens (primary N) is 1. The monoisotopic (exact) mass is 346 g/mol. The number of nitrogens with one attached hydrogen (secondary N) is 1. The number of carbonyl (C=O) groups is 1. The fraction of sp³-hybridized carbons (Fsp3) is 0.417. The lowest BCUT2D eigenvalue weighted by Crippen LogP contribution is -2.27. The van der Waals surface area contributed by atoms with E-state index in [0.29, 0.717) is 4.47 Å². The highest BCUT2D eigenvalue weighted by atomic mass is 79.9. The molecule has 1 amide bonds. The van der Waals surface area contributed by atoms with Gasteiger partial charge in [-0.3, -0.25) is 4.79 Å². The first-order chi connectivity index (χ1) is 8.88. The molecule has 1 aromatic rings. The number of sulfone groups is 1. The lowest BCUT2D eigenvalue weighted by atomic mass is 10.3. The van der Waals surface area contributed by atoms with Crippen LogP contribution in [0.5, 0.6) is 0 Å². The van der Waals surface area contributed by atoms with Gasteiger partial charge in [0.15, 0.2) is 9.84 Å². The second kappa shape index (κ2) is 5.50. The van der Waals surface area contributed by atoms with Crippen LogP contribution >= 0.6 is 15.9 Å². The van der Waals surface area contributed by atoms with Crippen molar-refractivity contribution in [3.05, 3.63) is 22.7 Å². The van der Waals surface area contributed by atoms with Crippen molar-refractivity contribution in [3.63, 3.8) is 0 Å². The Kier molecular flexibility index (Phi) is 4.15. The van der Waals surface area contributed by atoms with Gasteiger partial charge in [-0.15, -0.1) is 0 Å². The summed E-state index contributed by atoms with van der Waals surface area (Å²) in [7, 11) is -3.54. The molecular formula is C12H15BrN2O3S. The molecule has 0 unspecified atom stereocenters. The van der Waals surface area contributed by atoms with E-state index in [1.54, 1.807) is 6.07 Å². The van der Waals surface area contributed by atoms with Crippen molar-refractivity contribution in [1.29, 1.82) is 0 Å². The van der Waals surface area contributed by atoms with Crippen LogP contribution in [0, 0.1) is 0 Å². The summed E-state index contributed by atoms with van der Waals surface area (Å²) < 4.78 is 24.9. The topological polar surface area (TPSA) is 89.3 Å². The Balaban J connectivity index is 2.04. The Hall–Kier alpha value is -1.08. The maximum Gasteiger partial charge on any atom is 0.221 e. The summed E-state index contributed by atoms with van der Waals surface area (Å²) in [5.74, 6) is -0.453. The van der Waals surface area contributed by atoms with Crippen LogP contribution in [-0.2, 0) is 14.6 Å². The van der Waals surface area contributed by atoms with Gasteiger partial charge in [0.1, 0.15) is 0 Å². The summed E-state index contributed by atoms with van der Waals surface area (Å²) in [5.41, 5.74) is 5.87. The molecule has 1 aliphatic carbocycles. The number of anilines is 1. The Morgan fingerprint density at radius 3 is 2.74 bits per heavy atom. The number of hydrogen-bond acceptors (Lipinski definition) is 4. The van der Waals surface area contributed by atoms with Crippen molar-refractivity contribution in [2.45, 2.75) is 30.2 Å². The molecule has 0 spiro atoms. The molecule has 2 rings (SSSR count). The molecule has 1 saturated carbocycles. The van der Waals surface area contributed by atoms with Crippen LogP contribution in [-0.4, -0.2) is 26.1 Å². The van der Waals surface area contributed by atoms with Crippen LogP contribution in [0.2, 0.25) is 0 Å². The number of halogens is 1. The van der Waals surface area contributed by atoms with Gasteiger partial charge in [-0.2, -0.15) is 0 Å². The van der Waals surface area contributed by atoms with Crippen LogP contribution in [0.3, 0.4) is 0 Å². The molecule has 1 fully saturated rings. The van der Waals surface area contributed by atoms with Crippen molar-refractivity contribution in [3.8, 4) is 0 Å². The van der Waals surface area contributed by atoms with Crippen LogP contribution in [0.4, 0.5) is 5.69 Å². The van der Waals surface area contributed by atoms with E-state index in [9.17, 15) is 13.2 Å². The van der Waals surface area contributed by atoms with Crippen LogP contribution in [0.25, 0.3) is 0 Å². The smallest absolute Gasteiger partial charge is 0.221 e. The molecule has 1 aromatic carbocycles. The minimum Gasteiger partial charge on any atom is -0.398 e. The first-order valence-electron chi connectivity index (χ1n) is 5.95. The van der Waals surface area contributed by atoms with Crippen molar-refractivity contribution < 1.29 is 13.2 Å². The highest BCUT2D eigenvalue weighted by molar-refractivity contribution is 9.10. The summed E-state index contributed by atoms with van der Waals surface area (Å²) in [6.45, 7) is 0. The second-order valence-corrected chi connectivity index (χ2v) is 7.59. The average molecular weight is 347 g/mol. The highest BCUT2D eigenvalue weighted by Gasteiger charge is 2.25. The molecule has 7 heteroatoms. The highest BCUT2D eigenvalue weighted by Crippen LogP contribution is 2.24. The van der Waals surface area contributed by atoms with Gasteiger partial charge in [0.05, 0.1) is 16.3 Å². The lowest BCUT2D eigenvalue weighted by Gasteiger charge is -2.08. The summed E-state index contributed by atoms with van der Waals surface area (Å²) in [5, 5.41) is 2.76. The minimum atomic E-state index is -3.54. The zero-order valence-corrected chi connectivity index (χ0v) is 12.6. The molecule has 5 nitrogen and oxygen atoms in total. The molecule has 0 bridgehead atoms. The predicted molar refractivity (Wildman–Crippen MR) is 76.4 cm³/mol. The number of nitrogen functional groups attached to an aromatic ring is 1. The van der Waals surface area contributed by atoms with E-state index in [-0.39, 0.29) is 34.7 Å². The normalized spacial score (nSPS) is 15.2. The van der Waals surface area contributed by atoms with E-state index in [4.69, 9.17) is 5.73 Å². The number of rotatable bonds is 5. The molecule has 104 valence electrons. The molecule has 0 aliphatic heterocycles. The van der Waals surface area contributed by atoms with Gasteiger partial charge in [0.2, 0.25) is 5.91 Å². The fourth-order valence-corrected chi connectivity index (χ4v) is 3.56. The molecule has 0 heterocycles. The zero-order valence-electron chi connectivity index (χ0n) is 10.2. The molecule has 3 N–H and O–H groups in total. The van der Waals surface area contributed by atoms with Gasteiger partial charge >= 0.3 is 0 Å². The van der Waals surface area contributed by atoms with Gasteiger partial charge < -0.3 is 11.1 Å². The number of amides is 1. The van der Waals surface area contributed by atoms with E-state index in [0.717, 1.165) is 12.8 Å². The second-order valence-electron chi connectivity index (χ2n) is 4.59. The molecule has 0 saturated heterocycles. The van der Waals surface area contributed by atoms with E-state index >= 15 is 0 Å². The van der Waals surface area contributed by atoms with E-state index < -0.39 is 9.84 Å². The summed E-state index contributed by atoms with van der Waals surface area (Å²) in [4.78, 5) is 11.6. The van der Waals surface area contributed by atoms with Crippen LogP contribution in [0.15, 0.2) is 27.6 Å². The summed E-state index contributed by atoms with van der Waals surface area (Å²) >= 11 is 3.21. The van der Waals surface area contributed by atoms with Gasteiger partial charge in [-0.1, -0.05) is 15.9 Å². The Labute approximate surface area is 120 Å². The van der Waals surface area contributed by atoms with Gasteiger partial charge in [-0.25, -0.2) is 8.42 Å². The average Bonchev–Trinajstić information content (AvgIpc) is 3.14. The zero-order chi connectivity index (χ0) is 14.0. The quantitative estimate of drug-likeness (QED) is 0.790. The predicted octanol–water partition coefficient (Wildman–Crippen LogP) is 1.47. The van der Waals surface area contributed by atoms with Crippen molar-refractivity contribution >= 4 is 37.4 Å². The van der Waals surface area contributed by atoms with Crippen LogP contribution < -0.4 is 11.1 Å². The number of hydrogen-bond donors (Lipinski definition) is 2. The molecule has 19 heavy (non-hydrogen) atoms. The lowest BCUT2D eigenvalue weighted by molar-refractivity contribution is -0.120. The van der Waals surface area contributed by atoms with Crippen molar-refractivity contribution in [2.24, 2.45) is 0 Å². The van der Waals surface area contributed by atoms with Gasteiger partial charge in [0.25, 0.3) is 0 Å². The maximum absolute atomic E-state index is 12.1. The van der Waals surface area contributed by atoms with Gasteiger partial charge in [0, 0.05) is 16.9 Å². The van der Waals surface area contributed by atoms with Crippen molar-refractivity contribution in [2.75, 3.05) is 11.5 Å². The Bertz CT molecular complexity index is 597. The third-order valence-electron chi connectivity index (χ3n) is 2.85. The van der Waals surface area contributed by atoms with Crippen molar-refractivity contribution in [1.82, 2.24) is 5.32 Å². The summed E-state index contributed by atoms with van der Waals surface area (Å²) in [6, 6.07) is 4.91. The first-order valence-corrected chi connectivity index (χ1v) is 8.40. The molecule has 0 aromatic heterocycles. The number of carbonyl (C=O) groups excluding carboxylic acids is 1. The summed E-state index contributed by atoms with van der Waals surface area (Å²) in [6.07, 6.45) is 1.93. The third kappa shape index (κ3) is 3.94. The third-order valence-corrected chi connectivity index (χ3v) is 5.11. The van der Waals surface area contributed by atoms with E-state index in [2.05, 4.69) is 21.2 Å². The van der Waals surface area contributed by atoms with E-state index in [1.807, 2.05) is 0 Å². The molecule has 0 atom stereocenters. The fourth-order valence-electron chi connectivity index (χ4n) is 1.64.